The van der Waals surface area contributed by atoms with Crippen molar-refractivity contribution in [1.82, 2.24) is 5.32 Å². The lowest BCUT2D eigenvalue weighted by Crippen LogP contribution is -2.29. The van der Waals surface area contributed by atoms with Crippen LogP contribution in [0.5, 0.6) is 0 Å². The van der Waals surface area contributed by atoms with Crippen LogP contribution in [-0.4, -0.2) is 25.5 Å². The van der Waals surface area contributed by atoms with Crippen molar-refractivity contribution in [3.63, 3.8) is 0 Å². The summed E-state index contributed by atoms with van der Waals surface area (Å²) in [6.07, 6.45) is 5.34. The molecule has 3 rings (SSSR count). The van der Waals surface area contributed by atoms with Gasteiger partial charge in [-0.15, -0.1) is 0 Å². The zero-order valence-electron chi connectivity index (χ0n) is 14.8. The highest BCUT2D eigenvalue weighted by molar-refractivity contribution is 5.94. The van der Waals surface area contributed by atoms with Crippen molar-refractivity contribution in [3.8, 4) is 0 Å². The molecule has 0 atom stereocenters. The smallest absolute Gasteiger partial charge is 0.257 e. The van der Waals surface area contributed by atoms with Gasteiger partial charge < -0.3 is 10.2 Å². The van der Waals surface area contributed by atoms with Crippen molar-refractivity contribution in [2.24, 2.45) is 0 Å². The van der Waals surface area contributed by atoms with Gasteiger partial charge in [0.15, 0.2) is 0 Å². The summed E-state index contributed by atoms with van der Waals surface area (Å²) < 4.78 is 27.1. The summed E-state index contributed by atoms with van der Waals surface area (Å²) in [5, 5.41) is 2.59. The summed E-state index contributed by atoms with van der Waals surface area (Å²) in [5.74, 6) is -2.38. The van der Waals surface area contributed by atoms with E-state index >= 15 is 0 Å². The molecule has 0 bridgehead atoms. The second-order valence-electron chi connectivity index (χ2n) is 6.67. The van der Waals surface area contributed by atoms with E-state index in [0.29, 0.717) is 13.0 Å². The van der Waals surface area contributed by atoms with E-state index in [0.717, 1.165) is 31.6 Å². The second-order valence-corrected chi connectivity index (χ2v) is 6.67. The minimum atomic E-state index is -0.837. The summed E-state index contributed by atoms with van der Waals surface area (Å²) in [5.41, 5.74) is 1.94. The molecular weight excluding hydrogens is 334 g/mol. The Morgan fingerprint density at radius 1 is 0.962 bits per heavy atom. The van der Waals surface area contributed by atoms with Crippen LogP contribution >= 0.6 is 0 Å². The molecule has 1 saturated heterocycles. The maximum absolute atomic E-state index is 13.6. The highest BCUT2D eigenvalue weighted by Crippen LogP contribution is 2.20. The molecule has 0 aromatic heterocycles. The number of carbonyl (C=O) groups is 1. The Kier molecular flexibility index (Phi) is 6.21. The number of rotatable bonds is 6. The molecule has 2 aromatic carbocycles. The van der Waals surface area contributed by atoms with E-state index < -0.39 is 23.1 Å². The minimum absolute atomic E-state index is 0.375. The number of benzene rings is 2. The number of piperidine rings is 1. The van der Waals surface area contributed by atoms with Crippen LogP contribution in [0.2, 0.25) is 0 Å². The van der Waals surface area contributed by atoms with Crippen molar-refractivity contribution < 1.29 is 13.6 Å². The van der Waals surface area contributed by atoms with Crippen LogP contribution in [0.15, 0.2) is 42.5 Å². The van der Waals surface area contributed by atoms with Crippen molar-refractivity contribution in [3.05, 3.63) is 65.2 Å². The summed E-state index contributed by atoms with van der Waals surface area (Å²) >= 11 is 0. The second kappa shape index (κ2) is 8.79. The minimum Gasteiger partial charge on any atom is -0.372 e. The maximum Gasteiger partial charge on any atom is 0.257 e. The molecule has 0 saturated carbocycles. The fourth-order valence-electron chi connectivity index (χ4n) is 3.32. The Labute approximate surface area is 153 Å². The van der Waals surface area contributed by atoms with Crippen LogP contribution in [-0.2, 0) is 6.42 Å². The molecule has 5 heteroatoms. The van der Waals surface area contributed by atoms with Gasteiger partial charge in [0.25, 0.3) is 5.91 Å². The summed E-state index contributed by atoms with van der Waals surface area (Å²) in [7, 11) is 0. The van der Waals surface area contributed by atoms with Crippen molar-refractivity contribution in [1.29, 1.82) is 0 Å². The van der Waals surface area contributed by atoms with Crippen LogP contribution < -0.4 is 10.2 Å². The van der Waals surface area contributed by atoms with Gasteiger partial charge in [0.2, 0.25) is 0 Å². The molecule has 0 radical (unpaired) electrons. The molecule has 1 heterocycles. The van der Waals surface area contributed by atoms with Crippen LogP contribution in [0.25, 0.3) is 0 Å². The number of amides is 1. The number of nitrogens with one attached hydrogen (secondary N) is 1. The van der Waals surface area contributed by atoms with E-state index in [1.54, 1.807) is 0 Å². The number of hydrogen-bond acceptors (Lipinski definition) is 2. The monoisotopic (exact) mass is 358 g/mol. The zero-order valence-corrected chi connectivity index (χ0v) is 14.8. The Hall–Kier alpha value is -2.43. The predicted molar refractivity (Wildman–Crippen MR) is 99.5 cm³/mol. The van der Waals surface area contributed by atoms with Crippen LogP contribution in [0.4, 0.5) is 14.5 Å². The number of carbonyl (C=O) groups excluding carboxylic acids is 1. The van der Waals surface area contributed by atoms with Gasteiger partial charge in [-0.3, -0.25) is 4.79 Å². The number of aryl methyl sites for hydroxylation is 1. The standard InChI is InChI=1S/C21H24F2N2O/c22-18-7-4-8-19(23)20(18)21(26)24-13-5-6-16-9-11-17(12-10-16)25-14-2-1-3-15-25/h4,7-12H,1-3,5-6,13-15H2,(H,24,26). The van der Waals surface area contributed by atoms with E-state index in [-0.39, 0.29) is 0 Å². The lowest BCUT2D eigenvalue weighted by molar-refractivity contribution is 0.0945. The highest BCUT2D eigenvalue weighted by Gasteiger charge is 2.16. The largest absolute Gasteiger partial charge is 0.372 e. The number of nitrogens with zero attached hydrogens (tertiary/aromatic N) is 1. The molecule has 1 aliphatic rings. The maximum atomic E-state index is 13.6. The van der Waals surface area contributed by atoms with Gasteiger partial charge in [-0.2, -0.15) is 0 Å². The van der Waals surface area contributed by atoms with Crippen LogP contribution in [0, 0.1) is 11.6 Å². The number of anilines is 1. The van der Waals surface area contributed by atoms with E-state index in [1.165, 1.54) is 36.6 Å². The molecule has 3 nitrogen and oxygen atoms in total. The fraction of sp³-hybridized carbons (Fsp3) is 0.381. The Balaban J connectivity index is 1.45. The fourth-order valence-corrected chi connectivity index (χ4v) is 3.32. The molecule has 0 unspecified atom stereocenters. The molecule has 138 valence electrons. The first-order valence-electron chi connectivity index (χ1n) is 9.21. The lowest BCUT2D eigenvalue weighted by Gasteiger charge is -2.28. The van der Waals surface area contributed by atoms with Gasteiger partial charge in [-0.25, -0.2) is 8.78 Å². The van der Waals surface area contributed by atoms with E-state index in [2.05, 4.69) is 34.5 Å². The topological polar surface area (TPSA) is 32.3 Å². The molecule has 0 spiro atoms. The first-order chi connectivity index (χ1) is 12.6. The van der Waals surface area contributed by atoms with E-state index in [1.807, 2.05) is 0 Å². The molecule has 1 N–H and O–H groups in total. The summed E-state index contributed by atoms with van der Waals surface area (Å²) in [6, 6.07) is 11.9. The number of hydrogen-bond donors (Lipinski definition) is 1. The highest BCUT2D eigenvalue weighted by atomic mass is 19.1. The zero-order chi connectivity index (χ0) is 18.4. The first kappa shape index (κ1) is 18.4. The SMILES string of the molecule is O=C(NCCCc1ccc(N2CCCCC2)cc1)c1c(F)cccc1F. The van der Waals surface area contributed by atoms with Gasteiger partial charge >= 0.3 is 0 Å². The molecule has 2 aromatic rings. The van der Waals surface area contributed by atoms with Gasteiger partial charge in [0.05, 0.1) is 0 Å². The molecule has 0 aliphatic carbocycles. The predicted octanol–water partition coefficient (Wildman–Crippen LogP) is 4.32. The van der Waals surface area contributed by atoms with Gasteiger partial charge in [-0.1, -0.05) is 18.2 Å². The average molecular weight is 358 g/mol. The quantitative estimate of drug-likeness (QED) is 0.780. The van der Waals surface area contributed by atoms with E-state index in [4.69, 9.17) is 0 Å². The molecular formula is C21H24F2N2O. The third kappa shape index (κ3) is 4.59. The molecule has 1 aliphatic heterocycles. The molecule has 1 fully saturated rings. The van der Waals surface area contributed by atoms with Crippen molar-refractivity contribution in [2.75, 3.05) is 24.5 Å². The van der Waals surface area contributed by atoms with Crippen molar-refractivity contribution in [2.45, 2.75) is 32.1 Å². The van der Waals surface area contributed by atoms with Crippen LogP contribution in [0.1, 0.15) is 41.6 Å². The Morgan fingerprint density at radius 2 is 1.62 bits per heavy atom. The molecule has 1 amide bonds. The van der Waals surface area contributed by atoms with Crippen molar-refractivity contribution >= 4 is 11.6 Å². The first-order valence-corrected chi connectivity index (χ1v) is 9.21. The Morgan fingerprint density at radius 3 is 2.27 bits per heavy atom. The normalized spacial score (nSPS) is 14.3. The number of halogens is 2. The summed E-state index contributed by atoms with van der Waals surface area (Å²) in [4.78, 5) is 14.3. The third-order valence-corrected chi connectivity index (χ3v) is 4.78. The van der Waals surface area contributed by atoms with Gasteiger partial charge in [-0.05, 0) is 61.9 Å². The van der Waals surface area contributed by atoms with Gasteiger partial charge in [0, 0.05) is 25.3 Å². The Bertz CT molecular complexity index is 720. The summed E-state index contributed by atoms with van der Waals surface area (Å²) in [6.45, 7) is 2.62. The average Bonchev–Trinajstić information content (AvgIpc) is 2.66. The van der Waals surface area contributed by atoms with Gasteiger partial charge in [0.1, 0.15) is 17.2 Å². The van der Waals surface area contributed by atoms with E-state index in [9.17, 15) is 13.6 Å². The third-order valence-electron chi connectivity index (χ3n) is 4.78. The molecule has 26 heavy (non-hydrogen) atoms. The van der Waals surface area contributed by atoms with Crippen LogP contribution in [0.3, 0.4) is 0 Å². The lowest BCUT2D eigenvalue weighted by atomic mass is 10.1.